The van der Waals surface area contributed by atoms with Gasteiger partial charge in [0.2, 0.25) is 0 Å². The molecule has 0 unspecified atom stereocenters. The average Bonchev–Trinajstić information content (AvgIpc) is 2.58. The first-order valence-electron chi connectivity index (χ1n) is 7.39. The second-order valence-corrected chi connectivity index (χ2v) is 5.87. The van der Waals surface area contributed by atoms with Crippen LogP contribution in [0.4, 0.5) is 0 Å². The molecule has 2 aromatic carbocycles. The Morgan fingerprint density at radius 2 is 1.67 bits per heavy atom. The van der Waals surface area contributed by atoms with Crippen molar-refractivity contribution in [1.82, 2.24) is 0 Å². The van der Waals surface area contributed by atoms with E-state index in [1.165, 1.54) is 6.07 Å². The van der Waals surface area contributed by atoms with E-state index in [-0.39, 0.29) is 18.0 Å². The Morgan fingerprint density at radius 1 is 1.00 bits per heavy atom. The third-order valence-corrected chi connectivity index (χ3v) is 3.61. The topological polar surface area (TPSA) is 52.6 Å². The SMILES string of the molecule is CCCOc1ccc(Cl)cc1C(=O)OCC(=O)c1ccc(Cl)cc1. The van der Waals surface area contributed by atoms with E-state index in [1.54, 1.807) is 36.4 Å². The fourth-order valence-corrected chi connectivity index (χ4v) is 2.23. The molecule has 2 aromatic rings. The summed E-state index contributed by atoms with van der Waals surface area (Å²) in [7, 11) is 0. The van der Waals surface area contributed by atoms with Crippen molar-refractivity contribution in [3.63, 3.8) is 0 Å². The summed E-state index contributed by atoms with van der Waals surface area (Å²) in [5.41, 5.74) is 0.612. The van der Waals surface area contributed by atoms with Gasteiger partial charge in [-0.3, -0.25) is 4.79 Å². The number of esters is 1. The Labute approximate surface area is 150 Å². The molecular formula is C18H16Cl2O4. The molecule has 0 saturated carbocycles. The van der Waals surface area contributed by atoms with E-state index in [1.807, 2.05) is 6.92 Å². The van der Waals surface area contributed by atoms with Gasteiger partial charge in [-0.1, -0.05) is 30.1 Å². The summed E-state index contributed by atoms with van der Waals surface area (Å²) in [4.78, 5) is 24.3. The van der Waals surface area contributed by atoms with Crippen molar-refractivity contribution in [2.75, 3.05) is 13.2 Å². The van der Waals surface area contributed by atoms with Gasteiger partial charge < -0.3 is 9.47 Å². The summed E-state index contributed by atoms with van der Waals surface area (Å²) in [6.45, 7) is 2.05. The first-order chi connectivity index (χ1) is 11.5. The van der Waals surface area contributed by atoms with Crippen LogP contribution in [-0.2, 0) is 4.74 Å². The lowest BCUT2D eigenvalue weighted by Crippen LogP contribution is -2.15. The molecule has 4 nitrogen and oxygen atoms in total. The van der Waals surface area contributed by atoms with Crippen molar-refractivity contribution in [2.24, 2.45) is 0 Å². The van der Waals surface area contributed by atoms with Gasteiger partial charge in [-0.25, -0.2) is 4.79 Å². The molecule has 0 aliphatic carbocycles. The summed E-state index contributed by atoms with van der Waals surface area (Å²) < 4.78 is 10.6. The van der Waals surface area contributed by atoms with E-state index < -0.39 is 5.97 Å². The first kappa shape index (κ1) is 18.3. The van der Waals surface area contributed by atoms with E-state index in [0.29, 0.717) is 28.0 Å². The molecule has 24 heavy (non-hydrogen) atoms. The maximum atomic E-state index is 12.2. The highest BCUT2D eigenvalue weighted by molar-refractivity contribution is 6.31. The lowest BCUT2D eigenvalue weighted by Gasteiger charge is -2.11. The molecule has 0 amide bonds. The predicted molar refractivity (Wildman–Crippen MR) is 93.3 cm³/mol. The molecule has 0 N–H and O–H groups in total. The Morgan fingerprint density at radius 3 is 2.33 bits per heavy atom. The maximum Gasteiger partial charge on any atom is 0.342 e. The molecular weight excluding hydrogens is 351 g/mol. The van der Waals surface area contributed by atoms with E-state index >= 15 is 0 Å². The van der Waals surface area contributed by atoms with Gasteiger partial charge >= 0.3 is 5.97 Å². The second-order valence-electron chi connectivity index (χ2n) is 5.00. The van der Waals surface area contributed by atoms with Crippen molar-refractivity contribution in [1.29, 1.82) is 0 Å². The second kappa shape index (κ2) is 8.71. The maximum absolute atomic E-state index is 12.2. The highest BCUT2D eigenvalue weighted by atomic mass is 35.5. The fourth-order valence-electron chi connectivity index (χ4n) is 1.93. The normalized spacial score (nSPS) is 10.3. The molecule has 0 aliphatic heterocycles. The van der Waals surface area contributed by atoms with Gasteiger partial charge in [0.15, 0.2) is 12.4 Å². The summed E-state index contributed by atoms with van der Waals surface area (Å²) in [6.07, 6.45) is 0.798. The summed E-state index contributed by atoms with van der Waals surface area (Å²) in [6, 6.07) is 11.1. The minimum atomic E-state index is -0.661. The van der Waals surface area contributed by atoms with E-state index in [0.717, 1.165) is 6.42 Å². The number of ketones is 1. The average molecular weight is 367 g/mol. The number of rotatable bonds is 7. The van der Waals surface area contributed by atoms with Crippen LogP contribution < -0.4 is 4.74 Å². The van der Waals surface area contributed by atoms with Gasteiger partial charge in [0.05, 0.1) is 6.61 Å². The molecule has 0 aromatic heterocycles. The molecule has 126 valence electrons. The lowest BCUT2D eigenvalue weighted by molar-refractivity contribution is 0.0470. The van der Waals surface area contributed by atoms with Crippen molar-refractivity contribution < 1.29 is 19.1 Å². The summed E-state index contributed by atoms with van der Waals surface area (Å²) in [5, 5.41) is 0.912. The molecule has 0 bridgehead atoms. The van der Waals surface area contributed by atoms with Crippen LogP contribution in [0.2, 0.25) is 10.0 Å². The summed E-state index contributed by atoms with van der Waals surface area (Å²) >= 11 is 11.7. The highest BCUT2D eigenvalue weighted by Gasteiger charge is 2.17. The van der Waals surface area contributed by atoms with Gasteiger partial charge in [-0.2, -0.15) is 0 Å². The zero-order valence-electron chi connectivity index (χ0n) is 13.1. The van der Waals surface area contributed by atoms with E-state index in [4.69, 9.17) is 32.7 Å². The number of hydrogen-bond donors (Lipinski definition) is 0. The number of carbonyl (C=O) groups is 2. The third-order valence-electron chi connectivity index (χ3n) is 3.12. The minimum Gasteiger partial charge on any atom is -0.493 e. The van der Waals surface area contributed by atoms with Crippen LogP contribution in [0.25, 0.3) is 0 Å². The third kappa shape index (κ3) is 4.98. The van der Waals surface area contributed by atoms with Crippen LogP contribution in [0.1, 0.15) is 34.1 Å². The number of benzene rings is 2. The molecule has 0 saturated heterocycles. The van der Waals surface area contributed by atoms with Crippen molar-refractivity contribution in [2.45, 2.75) is 13.3 Å². The molecule has 2 rings (SSSR count). The number of halogens is 2. The van der Waals surface area contributed by atoms with Crippen molar-refractivity contribution in [3.8, 4) is 5.75 Å². The zero-order valence-corrected chi connectivity index (χ0v) is 14.6. The molecule has 6 heteroatoms. The first-order valence-corrected chi connectivity index (χ1v) is 8.15. The number of ether oxygens (including phenoxy) is 2. The van der Waals surface area contributed by atoms with Crippen LogP contribution in [0.3, 0.4) is 0 Å². The lowest BCUT2D eigenvalue weighted by atomic mass is 10.1. The molecule has 0 aliphatic rings. The van der Waals surface area contributed by atoms with Gasteiger partial charge in [-0.05, 0) is 48.9 Å². The number of hydrogen-bond acceptors (Lipinski definition) is 4. The van der Waals surface area contributed by atoms with Crippen molar-refractivity contribution >= 4 is 35.0 Å². The minimum absolute atomic E-state index is 0.194. The van der Waals surface area contributed by atoms with E-state index in [9.17, 15) is 9.59 Å². The fraction of sp³-hybridized carbons (Fsp3) is 0.222. The van der Waals surface area contributed by atoms with Gasteiger partial charge in [-0.15, -0.1) is 0 Å². The van der Waals surface area contributed by atoms with Crippen LogP contribution in [0.15, 0.2) is 42.5 Å². The van der Waals surface area contributed by atoms with E-state index in [2.05, 4.69) is 0 Å². The highest BCUT2D eigenvalue weighted by Crippen LogP contribution is 2.24. The van der Waals surface area contributed by atoms with Crippen LogP contribution in [0.5, 0.6) is 5.75 Å². The van der Waals surface area contributed by atoms with Gasteiger partial charge in [0.25, 0.3) is 0 Å². The molecule has 0 fully saturated rings. The van der Waals surface area contributed by atoms with Crippen LogP contribution in [-0.4, -0.2) is 25.0 Å². The molecule has 0 atom stereocenters. The standard InChI is InChI=1S/C18H16Cl2O4/c1-2-9-23-17-8-7-14(20)10-15(17)18(22)24-11-16(21)12-3-5-13(19)6-4-12/h3-8,10H,2,9,11H2,1H3. The smallest absolute Gasteiger partial charge is 0.342 e. The van der Waals surface area contributed by atoms with Crippen molar-refractivity contribution in [3.05, 3.63) is 63.6 Å². The number of Topliss-reactive ketones (excluding diaryl/α,β-unsaturated/α-hetero) is 1. The van der Waals surface area contributed by atoms with Gasteiger partial charge in [0, 0.05) is 15.6 Å². The Kier molecular flexibility index (Phi) is 6.64. The van der Waals surface area contributed by atoms with Crippen LogP contribution in [0, 0.1) is 0 Å². The zero-order chi connectivity index (χ0) is 17.5. The Bertz CT molecular complexity index is 726. The summed E-state index contributed by atoms with van der Waals surface area (Å²) in [5.74, 6) is -0.603. The molecule has 0 heterocycles. The largest absolute Gasteiger partial charge is 0.493 e. The van der Waals surface area contributed by atoms with Crippen LogP contribution >= 0.6 is 23.2 Å². The Hall–Kier alpha value is -2.04. The number of carbonyl (C=O) groups excluding carboxylic acids is 2. The predicted octanol–water partition coefficient (Wildman–Crippen LogP) is 4.82. The monoisotopic (exact) mass is 366 g/mol. The quantitative estimate of drug-likeness (QED) is 0.520. The van der Waals surface area contributed by atoms with Gasteiger partial charge in [0.1, 0.15) is 11.3 Å². The molecule has 0 spiro atoms. The Balaban J connectivity index is 2.05. The molecule has 0 radical (unpaired) electrons.